The monoisotopic (exact) mass is 631 g/mol. The van der Waals surface area contributed by atoms with Gasteiger partial charge >= 0.3 is 47.6 Å². The first-order chi connectivity index (χ1) is 19.5. The van der Waals surface area contributed by atoms with E-state index < -0.39 is 60.0 Å². The number of hydrogen-bond donors (Lipinski definition) is 6. The maximum absolute atomic E-state index is 12.9. The third kappa shape index (κ3) is 7.41. The number of carboxylic acid groups (broad SMARTS) is 2. The molecule has 17 nitrogen and oxygen atoms in total. The van der Waals surface area contributed by atoms with Crippen molar-refractivity contribution in [2.24, 2.45) is 12.8 Å². The van der Waals surface area contributed by atoms with Crippen LogP contribution in [0.15, 0.2) is 40.7 Å². The molecule has 2 aromatic rings. The number of ether oxygens (including phenoxy) is 1. The number of aryl methyl sites for hydroxylation is 1. The van der Waals surface area contributed by atoms with Gasteiger partial charge in [0.15, 0.2) is 6.10 Å². The average Bonchev–Trinajstić information content (AvgIpc) is 3.36. The molecule has 42 heavy (non-hydrogen) atoms. The number of aliphatic hydroxyl groups is 1. The van der Waals surface area contributed by atoms with Crippen LogP contribution in [0.1, 0.15) is 11.7 Å². The van der Waals surface area contributed by atoms with Crippen molar-refractivity contribution < 1.29 is 73.6 Å². The number of tetrazole rings is 1. The summed E-state index contributed by atoms with van der Waals surface area (Å²) in [6.45, 7) is -0.542. The molecule has 2 aliphatic heterocycles. The molecule has 3 amide bonds. The number of carbonyl (C=O) groups excluding carboxylic acids is 3. The van der Waals surface area contributed by atoms with Gasteiger partial charge in [0.2, 0.25) is 5.16 Å². The van der Waals surface area contributed by atoms with Crippen LogP contribution in [-0.4, -0.2) is 106 Å². The molecule has 0 spiro atoms. The minimum Gasteiger partial charge on any atom is -0.480 e. The summed E-state index contributed by atoms with van der Waals surface area (Å²) in [6, 6.07) is 3.04. The summed E-state index contributed by atoms with van der Waals surface area (Å²) < 4.78 is 6.15. The third-order valence-electron chi connectivity index (χ3n) is 5.94. The first-order valence-electron chi connectivity index (χ1n) is 11.7. The minimum absolute atomic E-state index is 0. The second-order valence-electron chi connectivity index (χ2n) is 8.72. The smallest absolute Gasteiger partial charge is 0.480 e. The zero-order valence-electron chi connectivity index (χ0n) is 22.2. The van der Waals surface area contributed by atoms with E-state index >= 15 is 0 Å². The molecule has 0 aliphatic carbocycles. The Labute approximate surface area is 267 Å². The predicted octanol–water partition coefficient (Wildman–Crippen LogP) is -4.26. The summed E-state index contributed by atoms with van der Waals surface area (Å²) in [7, 11) is 1.65. The van der Waals surface area contributed by atoms with Crippen molar-refractivity contribution in [2.75, 3.05) is 23.4 Å². The van der Waals surface area contributed by atoms with E-state index in [4.69, 9.17) is 15.6 Å². The van der Waals surface area contributed by atoms with Crippen molar-refractivity contribution in [1.29, 1.82) is 0 Å². The zero-order valence-corrected chi connectivity index (χ0v) is 25.8. The number of fused-ring (bicyclic) bond motifs is 1. The zero-order chi connectivity index (χ0) is 29.8. The van der Waals surface area contributed by atoms with Gasteiger partial charge in [0.25, 0.3) is 11.8 Å². The van der Waals surface area contributed by atoms with Crippen LogP contribution < -0.4 is 45.9 Å². The summed E-state index contributed by atoms with van der Waals surface area (Å²) in [6.07, 6.45) is -2.62. The fraction of sp³-hybridized carbons (Fsp3) is 0.364. The number of aliphatic hydroxyl groups excluding tert-OH is 1. The van der Waals surface area contributed by atoms with Crippen LogP contribution in [-0.2, 0) is 31.0 Å². The second-order valence-corrected chi connectivity index (χ2v) is 10.8. The number of nitrogens with two attached hydrogens (primary N) is 1. The van der Waals surface area contributed by atoms with E-state index in [1.54, 1.807) is 7.05 Å². The first kappa shape index (κ1) is 33.3. The Balaban J connectivity index is 0.00000484. The minimum atomic E-state index is -1.67. The van der Waals surface area contributed by atoms with E-state index in [1.807, 2.05) is 0 Å². The number of benzene rings is 1. The average molecular weight is 632 g/mol. The van der Waals surface area contributed by atoms with Crippen LogP contribution in [0.5, 0.6) is 0 Å². The maximum Gasteiger partial charge on any atom is 1.00 e. The van der Waals surface area contributed by atoms with Crippen LogP contribution in [0.2, 0.25) is 0 Å². The molecule has 218 valence electrons. The fourth-order valence-corrected chi connectivity index (χ4v) is 6.15. The SMILES string of the molecule is Cn1nnnc1SCC1=C(C(=O)O)N2C(=O)C(NC(=O)C(O)c3ccc(NC(=O)OCC(N)C(=O)O)cc3)C2SC1.[Na+]. The molecular formula is C22H24N8NaO9S2+. The molecule has 1 aromatic carbocycles. The van der Waals surface area contributed by atoms with Crippen molar-refractivity contribution in [2.45, 2.75) is 28.7 Å². The fourth-order valence-electron chi connectivity index (χ4n) is 3.81. The Hall–Kier alpha value is -3.20. The molecule has 7 N–H and O–H groups in total. The van der Waals surface area contributed by atoms with Crippen LogP contribution in [0.3, 0.4) is 0 Å². The molecule has 0 bridgehead atoms. The quantitative estimate of drug-likeness (QED) is 0.0780. The molecule has 1 aromatic heterocycles. The van der Waals surface area contributed by atoms with E-state index in [2.05, 4.69) is 26.2 Å². The third-order valence-corrected chi connectivity index (χ3v) is 8.37. The molecule has 4 unspecified atom stereocenters. The summed E-state index contributed by atoms with van der Waals surface area (Å²) in [4.78, 5) is 61.3. The van der Waals surface area contributed by atoms with Gasteiger partial charge in [-0.1, -0.05) is 23.9 Å². The van der Waals surface area contributed by atoms with Crippen LogP contribution >= 0.6 is 23.5 Å². The summed E-state index contributed by atoms with van der Waals surface area (Å²) >= 11 is 2.51. The predicted molar refractivity (Wildman–Crippen MR) is 141 cm³/mol. The van der Waals surface area contributed by atoms with Crippen LogP contribution in [0.25, 0.3) is 0 Å². The largest absolute Gasteiger partial charge is 1.00 e. The van der Waals surface area contributed by atoms with Gasteiger partial charge in [0, 0.05) is 24.2 Å². The molecular weight excluding hydrogens is 607 g/mol. The summed E-state index contributed by atoms with van der Waals surface area (Å²) in [5.74, 6) is -3.56. The van der Waals surface area contributed by atoms with Gasteiger partial charge in [-0.3, -0.25) is 24.6 Å². The summed E-state index contributed by atoms with van der Waals surface area (Å²) in [5, 5.41) is 44.8. The molecule has 2 aliphatic rings. The number of hydrogen-bond acceptors (Lipinski definition) is 13. The van der Waals surface area contributed by atoms with Gasteiger partial charge < -0.3 is 31.1 Å². The van der Waals surface area contributed by atoms with E-state index in [0.29, 0.717) is 16.5 Å². The molecule has 0 radical (unpaired) electrons. The van der Waals surface area contributed by atoms with Crippen molar-refractivity contribution in [1.82, 2.24) is 30.4 Å². The van der Waals surface area contributed by atoms with Crippen LogP contribution in [0, 0.1) is 0 Å². The standard InChI is InChI=1S/C22H24N8O9S2.Na/c1-29-21(26-27-28-29)41-8-10-7-40-18-13(17(33)30(18)14(10)20(36)37)25-16(32)15(31)9-2-4-11(5-3-9)24-22(38)39-6-12(23)19(34)35;/h2-5,12-13,15,18,31H,6-8,23H2,1H3,(H,24,38)(H,25,32)(H,34,35)(H,36,37);/q;+1. The maximum atomic E-state index is 12.9. The Bertz CT molecular complexity index is 1410. The van der Waals surface area contributed by atoms with Gasteiger partial charge in [-0.25, -0.2) is 14.3 Å². The van der Waals surface area contributed by atoms with E-state index in [9.17, 15) is 34.2 Å². The number of β-lactam (4-membered cyclic amide) rings is 1. The number of rotatable bonds is 11. The van der Waals surface area contributed by atoms with Gasteiger partial charge in [-0.05, 0) is 33.7 Å². The number of carbonyl (C=O) groups is 5. The Kier molecular flexibility index (Phi) is 11.4. The van der Waals surface area contributed by atoms with E-state index in [1.165, 1.54) is 52.5 Å². The number of nitrogens with one attached hydrogen (secondary N) is 2. The van der Waals surface area contributed by atoms with Crippen molar-refractivity contribution in [3.8, 4) is 0 Å². The molecule has 1 saturated heterocycles. The van der Waals surface area contributed by atoms with Crippen molar-refractivity contribution in [3.63, 3.8) is 0 Å². The Morgan fingerprint density at radius 2 is 1.93 bits per heavy atom. The van der Waals surface area contributed by atoms with Crippen molar-refractivity contribution >= 4 is 59.1 Å². The number of anilines is 1. The Morgan fingerprint density at radius 1 is 1.24 bits per heavy atom. The number of thioether (sulfide) groups is 2. The molecule has 4 rings (SSSR count). The first-order valence-corrected chi connectivity index (χ1v) is 13.8. The number of amides is 3. The van der Waals surface area contributed by atoms with Crippen molar-refractivity contribution in [3.05, 3.63) is 41.1 Å². The summed E-state index contributed by atoms with van der Waals surface area (Å²) in [5.41, 5.74) is 6.00. The molecule has 4 atom stereocenters. The number of aliphatic carboxylic acids is 2. The van der Waals surface area contributed by atoms with Gasteiger partial charge in [0.1, 0.15) is 29.8 Å². The number of nitrogens with zero attached hydrogens (tertiary/aromatic N) is 5. The van der Waals surface area contributed by atoms with E-state index in [-0.39, 0.29) is 52.3 Å². The number of aromatic nitrogens is 4. The van der Waals surface area contributed by atoms with Crippen LogP contribution in [0.4, 0.5) is 10.5 Å². The van der Waals surface area contributed by atoms with Gasteiger partial charge in [-0.2, -0.15) is 0 Å². The normalized spacial score (nSPS) is 19.0. The van der Waals surface area contributed by atoms with Gasteiger partial charge in [-0.15, -0.1) is 16.9 Å². The second kappa shape index (κ2) is 14.3. The molecule has 0 saturated carbocycles. The molecule has 20 heteroatoms. The molecule has 3 heterocycles. The number of carboxylic acids is 2. The Morgan fingerprint density at radius 3 is 2.52 bits per heavy atom. The molecule has 1 fully saturated rings. The van der Waals surface area contributed by atoms with E-state index in [0.717, 1.165) is 4.90 Å². The van der Waals surface area contributed by atoms with Gasteiger partial charge in [0.05, 0.1) is 0 Å². The topological polar surface area (TPSA) is 252 Å².